The number of rotatable bonds is 7. The van der Waals surface area contributed by atoms with Gasteiger partial charge < -0.3 is 5.32 Å². The van der Waals surface area contributed by atoms with Crippen molar-refractivity contribution in [2.45, 2.75) is 43.1 Å². The summed E-state index contributed by atoms with van der Waals surface area (Å²) >= 11 is 1.43. The Morgan fingerprint density at radius 1 is 1.10 bits per heavy atom. The van der Waals surface area contributed by atoms with E-state index in [1.165, 1.54) is 18.7 Å². The number of carbonyl (C=O) groups excluding carboxylic acids is 2. The van der Waals surface area contributed by atoms with Gasteiger partial charge in [-0.15, -0.1) is 10.2 Å². The minimum atomic E-state index is -0.311. The molecule has 1 aliphatic rings. The van der Waals surface area contributed by atoms with Crippen molar-refractivity contribution < 1.29 is 9.59 Å². The van der Waals surface area contributed by atoms with E-state index in [9.17, 15) is 9.59 Å². The maximum Gasteiger partial charge on any atom is 0.221 e. The molecule has 1 atom stereocenters. The van der Waals surface area contributed by atoms with Crippen LogP contribution in [0.25, 0.3) is 11.4 Å². The molecular weight excluding hydrogens is 386 g/mol. The van der Waals surface area contributed by atoms with Crippen molar-refractivity contribution in [2.75, 3.05) is 5.32 Å². The van der Waals surface area contributed by atoms with E-state index in [0.29, 0.717) is 17.3 Å². The van der Waals surface area contributed by atoms with E-state index >= 15 is 0 Å². The molecule has 1 fully saturated rings. The summed E-state index contributed by atoms with van der Waals surface area (Å²) in [6, 6.07) is 11.2. The Morgan fingerprint density at radius 2 is 1.79 bits per heavy atom. The summed E-state index contributed by atoms with van der Waals surface area (Å²) in [4.78, 5) is 28.1. The molecule has 1 N–H and O–H groups in total. The van der Waals surface area contributed by atoms with E-state index in [2.05, 4.69) is 25.1 Å². The number of hydrogen-bond donors (Lipinski definition) is 1. The zero-order chi connectivity index (χ0) is 20.4. The van der Waals surface area contributed by atoms with E-state index in [1.54, 1.807) is 36.7 Å². The number of aromatic nitrogens is 4. The number of hydrogen-bond acceptors (Lipinski definition) is 6. The fraction of sp³-hybridized carbons (Fsp3) is 0.286. The van der Waals surface area contributed by atoms with Crippen LogP contribution in [0.4, 0.5) is 5.69 Å². The Hall–Kier alpha value is -3.00. The first-order chi connectivity index (χ1) is 14.0. The summed E-state index contributed by atoms with van der Waals surface area (Å²) in [5.74, 6) is 0.689. The van der Waals surface area contributed by atoms with Gasteiger partial charge in [-0.05, 0) is 56.2 Å². The molecule has 8 heteroatoms. The van der Waals surface area contributed by atoms with Gasteiger partial charge in [-0.3, -0.25) is 19.1 Å². The third kappa shape index (κ3) is 4.37. The maximum absolute atomic E-state index is 12.9. The summed E-state index contributed by atoms with van der Waals surface area (Å²) in [5.41, 5.74) is 2.24. The van der Waals surface area contributed by atoms with Gasteiger partial charge in [-0.1, -0.05) is 11.8 Å². The van der Waals surface area contributed by atoms with Crippen molar-refractivity contribution in [2.24, 2.45) is 0 Å². The van der Waals surface area contributed by atoms with Gasteiger partial charge in [0.05, 0.1) is 5.25 Å². The molecule has 0 aliphatic heterocycles. The van der Waals surface area contributed by atoms with E-state index in [4.69, 9.17) is 0 Å². The van der Waals surface area contributed by atoms with E-state index in [-0.39, 0.29) is 16.9 Å². The zero-order valence-corrected chi connectivity index (χ0v) is 17.0. The molecule has 1 aliphatic carbocycles. The lowest BCUT2D eigenvalue weighted by molar-refractivity contribution is -0.114. The average Bonchev–Trinajstić information content (AvgIpc) is 3.48. The summed E-state index contributed by atoms with van der Waals surface area (Å²) in [5, 5.41) is 11.9. The smallest absolute Gasteiger partial charge is 0.221 e. The lowest BCUT2D eigenvalue weighted by Gasteiger charge is -2.13. The summed E-state index contributed by atoms with van der Waals surface area (Å²) < 4.78 is 2.14. The molecular formula is C21H21N5O2S. The SMILES string of the molecule is CC(=O)Nc1ccc(C(=O)[C@H](C)Sc2nnc(-c3ccncc3)n2C2CC2)cc1. The first kappa shape index (κ1) is 19.3. The van der Waals surface area contributed by atoms with Crippen LogP contribution in [0.3, 0.4) is 0 Å². The molecule has 0 spiro atoms. The standard InChI is InChI=1S/C21H21N5O2S/c1-13(19(28)15-3-5-17(6-4-15)23-14(2)27)29-21-25-24-20(26(21)18-7-8-18)16-9-11-22-12-10-16/h3-6,9-13,18H,7-8H2,1-2H3,(H,23,27)/t13-/m0/s1. The highest BCUT2D eigenvalue weighted by Gasteiger charge is 2.31. The Bertz CT molecular complexity index is 1030. The topological polar surface area (TPSA) is 89.8 Å². The Morgan fingerprint density at radius 3 is 2.41 bits per heavy atom. The third-order valence-electron chi connectivity index (χ3n) is 4.66. The highest BCUT2D eigenvalue weighted by Crippen LogP contribution is 2.41. The number of amides is 1. The van der Waals surface area contributed by atoms with Gasteiger partial charge >= 0.3 is 0 Å². The monoisotopic (exact) mass is 407 g/mol. The van der Waals surface area contributed by atoms with E-state index in [1.807, 2.05) is 19.1 Å². The van der Waals surface area contributed by atoms with Gasteiger partial charge in [0, 0.05) is 42.2 Å². The predicted molar refractivity (Wildman–Crippen MR) is 112 cm³/mol. The van der Waals surface area contributed by atoms with Crippen molar-refractivity contribution >= 4 is 29.1 Å². The molecule has 7 nitrogen and oxygen atoms in total. The second-order valence-electron chi connectivity index (χ2n) is 7.03. The Kier molecular flexibility index (Phi) is 5.44. The van der Waals surface area contributed by atoms with Crippen LogP contribution in [0.15, 0.2) is 53.9 Å². The highest BCUT2D eigenvalue weighted by molar-refractivity contribution is 8.00. The van der Waals surface area contributed by atoms with Crippen molar-refractivity contribution in [3.05, 3.63) is 54.4 Å². The number of ketones is 1. The second-order valence-corrected chi connectivity index (χ2v) is 8.33. The fourth-order valence-corrected chi connectivity index (χ4v) is 4.08. The van der Waals surface area contributed by atoms with Crippen LogP contribution in [0.2, 0.25) is 0 Å². The van der Waals surface area contributed by atoms with Gasteiger partial charge in [-0.2, -0.15) is 0 Å². The lowest BCUT2D eigenvalue weighted by Crippen LogP contribution is -2.15. The Balaban J connectivity index is 1.52. The van der Waals surface area contributed by atoms with Crippen LogP contribution >= 0.6 is 11.8 Å². The van der Waals surface area contributed by atoms with Crippen LogP contribution in [-0.2, 0) is 4.79 Å². The van der Waals surface area contributed by atoms with Crippen LogP contribution in [0.5, 0.6) is 0 Å². The lowest BCUT2D eigenvalue weighted by atomic mass is 10.1. The zero-order valence-electron chi connectivity index (χ0n) is 16.2. The van der Waals surface area contributed by atoms with E-state index in [0.717, 1.165) is 29.4 Å². The van der Waals surface area contributed by atoms with Crippen molar-refractivity contribution in [3.8, 4) is 11.4 Å². The summed E-state index contributed by atoms with van der Waals surface area (Å²) in [6.07, 6.45) is 5.67. The number of Topliss-reactive ketones (excluding diaryl/α,β-unsaturated/α-hetero) is 1. The molecule has 1 aromatic carbocycles. The quantitative estimate of drug-likeness (QED) is 0.470. The number of anilines is 1. The van der Waals surface area contributed by atoms with Crippen LogP contribution in [-0.4, -0.2) is 36.7 Å². The van der Waals surface area contributed by atoms with Crippen LogP contribution < -0.4 is 5.32 Å². The molecule has 1 saturated carbocycles. The third-order valence-corrected chi connectivity index (χ3v) is 5.71. The minimum absolute atomic E-state index is 0.0141. The molecule has 0 unspecified atom stereocenters. The van der Waals surface area contributed by atoms with Crippen LogP contribution in [0, 0.1) is 0 Å². The van der Waals surface area contributed by atoms with E-state index < -0.39 is 0 Å². The maximum atomic E-state index is 12.9. The molecule has 2 heterocycles. The molecule has 3 aromatic rings. The number of nitrogens with zero attached hydrogens (tertiary/aromatic N) is 4. The molecule has 0 radical (unpaired) electrons. The average molecular weight is 407 g/mol. The van der Waals surface area contributed by atoms with Gasteiger partial charge in [0.2, 0.25) is 5.91 Å². The molecule has 1 amide bonds. The predicted octanol–water partition coefficient (Wildman–Crippen LogP) is 4.00. The van der Waals surface area contributed by atoms with Crippen LogP contribution in [0.1, 0.15) is 43.1 Å². The molecule has 0 bridgehead atoms. The fourth-order valence-electron chi connectivity index (χ4n) is 3.08. The Labute approximate surface area is 173 Å². The molecule has 0 saturated heterocycles. The largest absolute Gasteiger partial charge is 0.326 e. The van der Waals surface area contributed by atoms with Crippen molar-refractivity contribution in [3.63, 3.8) is 0 Å². The highest BCUT2D eigenvalue weighted by atomic mass is 32.2. The number of carbonyl (C=O) groups is 2. The van der Waals surface area contributed by atoms with Gasteiger partial charge in [0.25, 0.3) is 0 Å². The molecule has 4 rings (SSSR count). The van der Waals surface area contributed by atoms with Gasteiger partial charge in [-0.25, -0.2) is 0 Å². The van der Waals surface area contributed by atoms with Gasteiger partial charge in [0.1, 0.15) is 0 Å². The molecule has 29 heavy (non-hydrogen) atoms. The summed E-state index contributed by atoms with van der Waals surface area (Å²) in [6.45, 7) is 3.33. The number of thioether (sulfide) groups is 1. The second kappa shape index (κ2) is 8.16. The molecule has 2 aromatic heterocycles. The minimum Gasteiger partial charge on any atom is -0.326 e. The number of nitrogens with one attached hydrogen (secondary N) is 1. The van der Waals surface area contributed by atoms with Crippen molar-refractivity contribution in [1.82, 2.24) is 19.7 Å². The summed E-state index contributed by atoms with van der Waals surface area (Å²) in [7, 11) is 0. The normalized spacial score (nSPS) is 14.4. The first-order valence-electron chi connectivity index (χ1n) is 9.47. The first-order valence-corrected chi connectivity index (χ1v) is 10.3. The van der Waals surface area contributed by atoms with Gasteiger partial charge in [0.15, 0.2) is 16.8 Å². The number of benzene rings is 1. The van der Waals surface area contributed by atoms with Crippen molar-refractivity contribution in [1.29, 1.82) is 0 Å². The number of pyridine rings is 1. The molecule has 148 valence electrons.